The first-order chi connectivity index (χ1) is 9.28. The van der Waals surface area contributed by atoms with Gasteiger partial charge in [0.1, 0.15) is 0 Å². The maximum absolute atomic E-state index is 4.34. The Kier molecular flexibility index (Phi) is 3.60. The maximum atomic E-state index is 4.34. The molecule has 4 nitrogen and oxygen atoms in total. The van der Waals surface area contributed by atoms with Crippen molar-refractivity contribution < 1.29 is 0 Å². The van der Waals surface area contributed by atoms with Crippen molar-refractivity contribution in [2.75, 3.05) is 43.9 Å². The van der Waals surface area contributed by atoms with E-state index in [0.717, 1.165) is 24.2 Å². The zero-order valence-corrected chi connectivity index (χ0v) is 12.0. The minimum Gasteiger partial charge on any atom is -0.387 e. The van der Waals surface area contributed by atoms with Gasteiger partial charge in [0.15, 0.2) is 0 Å². The van der Waals surface area contributed by atoms with Gasteiger partial charge >= 0.3 is 0 Å². The summed E-state index contributed by atoms with van der Waals surface area (Å²) in [4.78, 5) is 9.41. The standard InChI is InChI=1S/C15H24N4/c1-16-13-8-14(10-17-9-13)19-7-5-15-12(11-19)4-3-6-18(15)2/h8-10,12,15-16H,3-7,11H2,1-2H3. The van der Waals surface area contributed by atoms with Crippen molar-refractivity contribution in [1.82, 2.24) is 9.88 Å². The number of rotatable bonds is 2. The van der Waals surface area contributed by atoms with E-state index in [1.54, 1.807) is 0 Å². The second-order valence-corrected chi connectivity index (χ2v) is 5.87. The molecule has 0 spiro atoms. The van der Waals surface area contributed by atoms with Gasteiger partial charge in [-0.1, -0.05) is 0 Å². The molecule has 0 bridgehead atoms. The van der Waals surface area contributed by atoms with Crippen LogP contribution in [0.3, 0.4) is 0 Å². The van der Waals surface area contributed by atoms with Crippen molar-refractivity contribution in [3.05, 3.63) is 18.5 Å². The Morgan fingerprint density at radius 3 is 3.00 bits per heavy atom. The molecule has 0 saturated carbocycles. The van der Waals surface area contributed by atoms with Gasteiger partial charge in [0.2, 0.25) is 0 Å². The fraction of sp³-hybridized carbons (Fsp3) is 0.667. The lowest BCUT2D eigenvalue weighted by Gasteiger charge is -2.46. The van der Waals surface area contributed by atoms with E-state index in [1.807, 2.05) is 19.4 Å². The van der Waals surface area contributed by atoms with E-state index in [2.05, 4.69) is 33.2 Å². The van der Waals surface area contributed by atoms with Crippen molar-refractivity contribution >= 4 is 11.4 Å². The highest BCUT2D eigenvalue weighted by Crippen LogP contribution is 2.32. The summed E-state index contributed by atoms with van der Waals surface area (Å²) in [5, 5.41) is 3.17. The van der Waals surface area contributed by atoms with Gasteiger partial charge in [0.25, 0.3) is 0 Å². The van der Waals surface area contributed by atoms with Crippen molar-refractivity contribution in [2.45, 2.75) is 25.3 Å². The summed E-state index contributed by atoms with van der Waals surface area (Å²) in [6.07, 6.45) is 7.88. The van der Waals surface area contributed by atoms with Gasteiger partial charge in [-0.15, -0.1) is 0 Å². The molecule has 4 heteroatoms. The van der Waals surface area contributed by atoms with E-state index in [0.29, 0.717) is 0 Å². The number of fused-ring (bicyclic) bond motifs is 1. The highest BCUT2D eigenvalue weighted by Gasteiger charge is 2.34. The van der Waals surface area contributed by atoms with Crippen LogP contribution in [0.5, 0.6) is 0 Å². The lowest BCUT2D eigenvalue weighted by atomic mass is 9.84. The third kappa shape index (κ3) is 2.54. The van der Waals surface area contributed by atoms with E-state index < -0.39 is 0 Å². The van der Waals surface area contributed by atoms with Crippen LogP contribution in [0.2, 0.25) is 0 Å². The van der Waals surface area contributed by atoms with Gasteiger partial charge in [-0.2, -0.15) is 0 Å². The molecule has 2 aliphatic rings. The third-order valence-corrected chi connectivity index (χ3v) is 4.72. The highest BCUT2D eigenvalue weighted by atomic mass is 15.2. The van der Waals surface area contributed by atoms with Crippen LogP contribution in [0.15, 0.2) is 18.5 Å². The van der Waals surface area contributed by atoms with Crippen molar-refractivity contribution in [1.29, 1.82) is 0 Å². The Morgan fingerprint density at radius 1 is 1.26 bits per heavy atom. The van der Waals surface area contributed by atoms with Gasteiger partial charge in [-0.05, 0) is 44.8 Å². The molecule has 2 aliphatic heterocycles. The van der Waals surface area contributed by atoms with Gasteiger partial charge in [-0.25, -0.2) is 0 Å². The predicted octanol–water partition coefficient (Wildman–Crippen LogP) is 2.04. The van der Waals surface area contributed by atoms with Gasteiger partial charge in [0, 0.05) is 26.2 Å². The van der Waals surface area contributed by atoms with Crippen LogP contribution in [-0.4, -0.2) is 49.7 Å². The molecule has 2 atom stereocenters. The number of hydrogen-bond donors (Lipinski definition) is 1. The van der Waals surface area contributed by atoms with Crippen LogP contribution in [-0.2, 0) is 0 Å². The average molecular weight is 260 g/mol. The maximum Gasteiger partial charge on any atom is 0.0573 e. The molecule has 3 rings (SSSR count). The monoisotopic (exact) mass is 260 g/mol. The molecule has 104 valence electrons. The molecule has 3 heterocycles. The third-order valence-electron chi connectivity index (χ3n) is 4.72. The SMILES string of the molecule is CNc1cncc(N2CCC3C(CCCN3C)C2)c1. The Balaban J connectivity index is 1.73. The summed E-state index contributed by atoms with van der Waals surface area (Å²) < 4.78 is 0. The second kappa shape index (κ2) is 5.37. The molecule has 1 N–H and O–H groups in total. The molecule has 0 aromatic carbocycles. The Hall–Kier alpha value is -1.29. The molecular weight excluding hydrogens is 236 g/mol. The number of nitrogens with one attached hydrogen (secondary N) is 1. The van der Waals surface area contributed by atoms with Gasteiger partial charge < -0.3 is 15.1 Å². The fourth-order valence-electron chi connectivity index (χ4n) is 3.62. The number of anilines is 2. The second-order valence-electron chi connectivity index (χ2n) is 5.87. The van der Waals surface area contributed by atoms with E-state index in [1.165, 1.54) is 38.0 Å². The zero-order valence-electron chi connectivity index (χ0n) is 12.0. The first-order valence-electron chi connectivity index (χ1n) is 7.36. The van der Waals surface area contributed by atoms with Crippen LogP contribution in [0.25, 0.3) is 0 Å². The van der Waals surface area contributed by atoms with Gasteiger partial charge in [-0.3, -0.25) is 4.98 Å². The molecule has 2 unspecified atom stereocenters. The van der Waals surface area contributed by atoms with Crippen molar-refractivity contribution in [3.63, 3.8) is 0 Å². The lowest BCUT2D eigenvalue weighted by Crippen LogP contribution is -2.52. The number of aromatic nitrogens is 1. The molecule has 1 aromatic heterocycles. The van der Waals surface area contributed by atoms with Gasteiger partial charge in [0.05, 0.1) is 23.8 Å². The summed E-state index contributed by atoms with van der Waals surface area (Å²) >= 11 is 0. The summed E-state index contributed by atoms with van der Waals surface area (Å²) in [6, 6.07) is 3.00. The highest BCUT2D eigenvalue weighted by molar-refractivity contribution is 5.55. The number of pyridine rings is 1. The zero-order chi connectivity index (χ0) is 13.2. The molecular formula is C15H24N4. The fourth-order valence-corrected chi connectivity index (χ4v) is 3.62. The minimum absolute atomic E-state index is 0.797. The Morgan fingerprint density at radius 2 is 2.16 bits per heavy atom. The van der Waals surface area contributed by atoms with Crippen LogP contribution in [0.4, 0.5) is 11.4 Å². The molecule has 0 aliphatic carbocycles. The number of nitrogens with zero attached hydrogens (tertiary/aromatic N) is 3. The van der Waals surface area contributed by atoms with Crippen LogP contribution in [0, 0.1) is 5.92 Å². The average Bonchev–Trinajstić information content (AvgIpc) is 2.47. The molecule has 2 saturated heterocycles. The van der Waals surface area contributed by atoms with Crippen LogP contribution >= 0.6 is 0 Å². The predicted molar refractivity (Wildman–Crippen MR) is 79.8 cm³/mol. The quantitative estimate of drug-likeness (QED) is 0.882. The Bertz CT molecular complexity index is 434. The summed E-state index contributed by atoms with van der Waals surface area (Å²) in [7, 11) is 4.23. The lowest BCUT2D eigenvalue weighted by molar-refractivity contribution is 0.102. The number of likely N-dealkylation sites (tertiary alicyclic amines) is 1. The first kappa shape index (κ1) is 12.7. The van der Waals surface area contributed by atoms with E-state index in [4.69, 9.17) is 0 Å². The normalized spacial score (nSPS) is 28.0. The smallest absolute Gasteiger partial charge is 0.0573 e. The molecule has 1 aromatic rings. The Labute approximate surface area is 115 Å². The molecule has 2 fully saturated rings. The first-order valence-corrected chi connectivity index (χ1v) is 7.36. The minimum atomic E-state index is 0.797. The number of piperidine rings is 2. The molecule has 0 amide bonds. The van der Waals surface area contributed by atoms with E-state index in [9.17, 15) is 0 Å². The van der Waals surface area contributed by atoms with E-state index >= 15 is 0 Å². The topological polar surface area (TPSA) is 31.4 Å². The van der Waals surface area contributed by atoms with Crippen LogP contribution < -0.4 is 10.2 Å². The van der Waals surface area contributed by atoms with E-state index in [-0.39, 0.29) is 0 Å². The largest absolute Gasteiger partial charge is 0.387 e. The molecule has 19 heavy (non-hydrogen) atoms. The summed E-state index contributed by atoms with van der Waals surface area (Å²) in [6.45, 7) is 3.61. The number of hydrogen-bond acceptors (Lipinski definition) is 4. The van der Waals surface area contributed by atoms with Crippen molar-refractivity contribution in [3.8, 4) is 0 Å². The summed E-state index contributed by atoms with van der Waals surface area (Å²) in [5.41, 5.74) is 2.36. The van der Waals surface area contributed by atoms with Crippen LogP contribution in [0.1, 0.15) is 19.3 Å². The van der Waals surface area contributed by atoms with Crippen molar-refractivity contribution in [2.24, 2.45) is 5.92 Å². The molecule has 0 radical (unpaired) electrons. The summed E-state index contributed by atoms with van der Waals surface area (Å²) in [5.74, 6) is 0.825.